The topological polar surface area (TPSA) is 29.3 Å². The minimum atomic E-state index is -4.29. The first kappa shape index (κ1) is 14.0. The predicted octanol–water partition coefficient (Wildman–Crippen LogP) is 2.66. The second-order valence-electron chi connectivity index (χ2n) is 4.08. The van der Waals surface area contributed by atoms with Gasteiger partial charge in [0.15, 0.2) is 0 Å². The summed E-state index contributed by atoms with van der Waals surface area (Å²) < 4.78 is 37.0. The van der Waals surface area contributed by atoms with Crippen LogP contribution in [-0.2, 0) is 6.18 Å². The van der Waals surface area contributed by atoms with Crippen molar-refractivity contribution in [1.29, 1.82) is 0 Å². The standard InChI is InChI=1S/C12H17F3N2/c1-3-17(2)8-11(16)9-4-6-10(7-5-9)12(13,14)15/h4-7,11H,3,8,16H2,1-2H3. The van der Waals surface area contributed by atoms with Crippen molar-refractivity contribution < 1.29 is 13.2 Å². The van der Waals surface area contributed by atoms with E-state index in [1.165, 1.54) is 12.1 Å². The second kappa shape index (κ2) is 5.51. The Bertz CT molecular complexity index is 346. The molecule has 0 saturated heterocycles. The fourth-order valence-electron chi connectivity index (χ4n) is 1.49. The molecule has 1 aromatic carbocycles. The SMILES string of the molecule is CCN(C)CC(N)c1ccc(C(F)(F)F)cc1. The third-order valence-corrected chi connectivity index (χ3v) is 2.71. The summed E-state index contributed by atoms with van der Waals surface area (Å²) in [4.78, 5) is 2.02. The largest absolute Gasteiger partial charge is 0.416 e. The Morgan fingerprint density at radius 2 is 1.76 bits per heavy atom. The molecule has 0 aliphatic carbocycles. The molecule has 0 bridgehead atoms. The minimum absolute atomic E-state index is 0.262. The van der Waals surface area contributed by atoms with Gasteiger partial charge in [0.2, 0.25) is 0 Å². The highest BCUT2D eigenvalue weighted by molar-refractivity contribution is 5.26. The lowest BCUT2D eigenvalue weighted by molar-refractivity contribution is -0.137. The van der Waals surface area contributed by atoms with E-state index in [4.69, 9.17) is 5.73 Å². The van der Waals surface area contributed by atoms with Gasteiger partial charge in [-0.15, -0.1) is 0 Å². The molecule has 96 valence electrons. The zero-order valence-corrected chi connectivity index (χ0v) is 9.96. The van der Waals surface area contributed by atoms with Crippen LogP contribution >= 0.6 is 0 Å². The van der Waals surface area contributed by atoms with Crippen molar-refractivity contribution in [3.05, 3.63) is 35.4 Å². The normalized spacial score (nSPS) is 14.1. The first-order chi connectivity index (χ1) is 7.84. The average Bonchev–Trinajstić information content (AvgIpc) is 2.27. The highest BCUT2D eigenvalue weighted by Gasteiger charge is 2.30. The summed E-state index contributed by atoms with van der Waals surface area (Å²) in [6, 6.07) is 4.76. The third kappa shape index (κ3) is 4.02. The van der Waals surface area contributed by atoms with Gasteiger partial charge in [-0.2, -0.15) is 13.2 Å². The quantitative estimate of drug-likeness (QED) is 0.885. The van der Waals surface area contributed by atoms with Crippen molar-refractivity contribution in [1.82, 2.24) is 4.90 Å². The van der Waals surface area contributed by atoms with Gasteiger partial charge in [-0.25, -0.2) is 0 Å². The van der Waals surface area contributed by atoms with Crippen molar-refractivity contribution in [2.24, 2.45) is 5.73 Å². The number of rotatable bonds is 4. The molecule has 0 radical (unpaired) electrons. The summed E-state index contributed by atoms with van der Waals surface area (Å²) >= 11 is 0. The van der Waals surface area contributed by atoms with Crippen LogP contribution in [0.2, 0.25) is 0 Å². The molecule has 0 spiro atoms. The molecule has 0 amide bonds. The number of likely N-dealkylation sites (N-methyl/N-ethyl adjacent to an activating group) is 1. The first-order valence-electron chi connectivity index (χ1n) is 5.46. The summed E-state index contributed by atoms with van der Waals surface area (Å²) in [5, 5.41) is 0. The van der Waals surface area contributed by atoms with Crippen LogP contribution in [0.4, 0.5) is 13.2 Å². The van der Waals surface area contributed by atoms with Crippen LogP contribution in [0.3, 0.4) is 0 Å². The fraction of sp³-hybridized carbons (Fsp3) is 0.500. The zero-order valence-electron chi connectivity index (χ0n) is 9.96. The van der Waals surface area contributed by atoms with Crippen LogP contribution in [-0.4, -0.2) is 25.0 Å². The first-order valence-corrected chi connectivity index (χ1v) is 5.46. The van der Waals surface area contributed by atoms with E-state index in [0.29, 0.717) is 6.54 Å². The Morgan fingerprint density at radius 1 is 1.24 bits per heavy atom. The Hall–Kier alpha value is -1.07. The van der Waals surface area contributed by atoms with E-state index < -0.39 is 11.7 Å². The molecule has 1 unspecified atom stereocenters. The number of nitrogens with zero attached hydrogens (tertiary/aromatic N) is 1. The summed E-state index contributed by atoms with van der Waals surface area (Å²) in [6.07, 6.45) is -4.29. The molecule has 1 aromatic rings. The average molecular weight is 246 g/mol. The maximum atomic E-state index is 12.3. The molecular weight excluding hydrogens is 229 g/mol. The van der Waals surface area contributed by atoms with Crippen LogP contribution in [0, 0.1) is 0 Å². The van der Waals surface area contributed by atoms with E-state index in [9.17, 15) is 13.2 Å². The van der Waals surface area contributed by atoms with E-state index >= 15 is 0 Å². The highest BCUT2D eigenvalue weighted by Crippen LogP contribution is 2.29. The zero-order chi connectivity index (χ0) is 13.1. The Labute approximate surface area is 99.2 Å². The van der Waals surface area contributed by atoms with Crippen molar-refractivity contribution in [2.45, 2.75) is 19.1 Å². The number of hydrogen-bond acceptors (Lipinski definition) is 2. The Kier molecular flexibility index (Phi) is 4.54. The van der Waals surface area contributed by atoms with Gasteiger partial charge < -0.3 is 10.6 Å². The maximum absolute atomic E-state index is 12.3. The van der Waals surface area contributed by atoms with E-state index in [2.05, 4.69) is 0 Å². The maximum Gasteiger partial charge on any atom is 0.416 e. The van der Waals surface area contributed by atoms with Gasteiger partial charge in [-0.1, -0.05) is 19.1 Å². The van der Waals surface area contributed by atoms with Gasteiger partial charge in [0.1, 0.15) is 0 Å². The predicted molar refractivity (Wildman–Crippen MR) is 61.5 cm³/mol. The highest BCUT2D eigenvalue weighted by atomic mass is 19.4. The van der Waals surface area contributed by atoms with Gasteiger partial charge in [-0.3, -0.25) is 0 Å². The molecule has 17 heavy (non-hydrogen) atoms. The molecule has 1 rings (SSSR count). The smallest absolute Gasteiger partial charge is 0.323 e. The summed E-state index contributed by atoms with van der Waals surface area (Å²) in [5.74, 6) is 0. The molecule has 0 heterocycles. The lowest BCUT2D eigenvalue weighted by Crippen LogP contribution is -2.28. The molecule has 0 aliphatic rings. The third-order valence-electron chi connectivity index (χ3n) is 2.71. The van der Waals surface area contributed by atoms with Gasteiger partial charge in [-0.05, 0) is 31.3 Å². The van der Waals surface area contributed by atoms with Crippen LogP contribution < -0.4 is 5.73 Å². The van der Waals surface area contributed by atoms with Crippen molar-refractivity contribution in [2.75, 3.05) is 20.1 Å². The second-order valence-corrected chi connectivity index (χ2v) is 4.08. The molecule has 0 saturated carbocycles. The lowest BCUT2D eigenvalue weighted by Gasteiger charge is -2.20. The fourth-order valence-corrected chi connectivity index (χ4v) is 1.49. The summed E-state index contributed by atoms with van der Waals surface area (Å²) in [6.45, 7) is 3.48. The number of nitrogens with two attached hydrogens (primary N) is 1. The minimum Gasteiger partial charge on any atom is -0.323 e. The van der Waals surface area contributed by atoms with E-state index in [0.717, 1.165) is 24.2 Å². The van der Waals surface area contributed by atoms with Crippen LogP contribution in [0.5, 0.6) is 0 Å². The summed E-state index contributed by atoms with van der Waals surface area (Å²) in [5.41, 5.74) is 5.99. The Balaban J connectivity index is 2.74. The van der Waals surface area contributed by atoms with Gasteiger partial charge in [0.25, 0.3) is 0 Å². The van der Waals surface area contributed by atoms with Crippen LogP contribution in [0.15, 0.2) is 24.3 Å². The lowest BCUT2D eigenvalue weighted by atomic mass is 10.0. The monoisotopic (exact) mass is 246 g/mol. The molecule has 1 atom stereocenters. The van der Waals surface area contributed by atoms with E-state index in [1.54, 1.807) is 0 Å². The van der Waals surface area contributed by atoms with Gasteiger partial charge in [0.05, 0.1) is 5.56 Å². The van der Waals surface area contributed by atoms with Gasteiger partial charge >= 0.3 is 6.18 Å². The van der Waals surface area contributed by atoms with Crippen molar-refractivity contribution >= 4 is 0 Å². The van der Waals surface area contributed by atoms with E-state index in [1.807, 2.05) is 18.9 Å². The van der Waals surface area contributed by atoms with Gasteiger partial charge in [0, 0.05) is 12.6 Å². The number of benzene rings is 1. The van der Waals surface area contributed by atoms with Crippen molar-refractivity contribution in [3.63, 3.8) is 0 Å². The van der Waals surface area contributed by atoms with Crippen molar-refractivity contribution in [3.8, 4) is 0 Å². The molecule has 2 nitrogen and oxygen atoms in total. The molecule has 2 N–H and O–H groups in total. The van der Waals surface area contributed by atoms with Crippen LogP contribution in [0.1, 0.15) is 24.1 Å². The molecule has 0 aromatic heterocycles. The Morgan fingerprint density at radius 3 is 2.18 bits per heavy atom. The molecule has 5 heteroatoms. The molecule has 0 fully saturated rings. The number of hydrogen-bond donors (Lipinski definition) is 1. The molecule has 0 aliphatic heterocycles. The number of alkyl halides is 3. The van der Waals surface area contributed by atoms with E-state index in [-0.39, 0.29) is 6.04 Å². The summed E-state index contributed by atoms with van der Waals surface area (Å²) in [7, 11) is 1.92. The number of halogens is 3. The van der Waals surface area contributed by atoms with Crippen LogP contribution in [0.25, 0.3) is 0 Å². The molecular formula is C12H17F3N2.